The predicted octanol–water partition coefficient (Wildman–Crippen LogP) is 4.61. The van der Waals surface area contributed by atoms with Crippen LogP contribution in [0.3, 0.4) is 0 Å². The van der Waals surface area contributed by atoms with Crippen LogP contribution in [0, 0.1) is 0 Å². The van der Waals surface area contributed by atoms with Gasteiger partial charge in [-0.2, -0.15) is 0 Å². The standard InChI is InChI=1S/C27H28ClNO6/c1-15-24(27(32)35-11-10-33-2)25(17-6-9-21(30)23(14-17)34-3)26-20(29-15)12-18(13-22(26)31)16-4-7-19(28)8-5-16/h4-9,14,18,25,29-30H,10-13H2,1-3H3. The number of esters is 1. The number of ketones is 1. The Morgan fingerprint density at radius 2 is 1.80 bits per heavy atom. The fourth-order valence-electron chi connectivity index (χ4n) is 4.78. The Bertz CT molecular complexity index is 1200. The maximum atomic E-state index is 13.6. The Labute approximate surface area is 209 Å². The van der Waals surface area contributed by atoms with Crippen molar-refractivity contribution in [1.29, 1.82) is 0 Å². The molecule has 2 aromatic rings. The number of carbonyl (C=O) groups is 2. The van der Waals surface area contributed by atoms with E-state index in [1.165, 1.54) is 20.3 Å². The van der Waals surface area contributed by atoms with Crippen LogP contribution < -0.4 is 10.1 Å². The maximum absolute atomic E-state index is 13.6. The number of benzene rings is 2. The molecule has 8 heteroatoms. The number of nitrogens with one attached hydrogen (secondary N) is 1. The number of carbonyl (C=O) groups excluding carboxylic acids is 2. The van der Waals surface area contributed by atoms with E-state index in [1.807, 2.05) is 24.3 Å². The molecule has 2 atom stereocenters. The lowest BCUT2D eigenvalue weighted by Crippen LogP contribution is -2.36. The van der Waals surface area contributed by atoms with E-state index >= 15 is 0 Å². The summed E-state index contributed by atoms with van der Waals surface area (Å²) in [5, 5.41) is 14.1. The molecule has 0 spiro atoms. The number of methoxy groups -OCH3 is 2. The number of hydrogen-bond acceptors (Lipinski definition) is 7. The molecule has 0 bridgehead atoms. The zero-order valence-electron chi connectivity index (χ0n) is 19.9. The van der Waals surface area contributed by atoms with Crippen molar-refractivity contribution in [2.45, 2.75) is 31.6 Å². The molecule has 0 fully saturated rings. The number of dihydropyridines is 1. The van der Waals surface area contributed by atoms with Crippen LogP contribution in [0.15, 0.2) is 65.0 Å². The summed E-state index contributed by atoms with van der Waals surface area (Å²) in [4.78, 5) is 26.8. The van der Waals surface area contributed by atoms with Crippen molar-refractivity contribution in [2.24, 2.45) is 0 Å². The molecule has 2 N–H and O–H groups in total. The first-order valence-corrected chi connectivity index (χ1v) is 11.7. The van der Waals surface area contributed by atoms with Crippen LogP contribution in [0.5, 0.6) is 11.5 Å². The van der Waals surface area contributed by atoms with Crippen LogP contribution in [-0.2, 0) is 19.1 Å². The van der Waals surface area contributed by atoms with Crippen molar-refractivity contribution in [2.75, 3.05) is 27.4 Å². The minimum absolute atomic E-state index is 0.0102. The number of rotatable bonds is 7. The van der Waals surface area contributed by atoms with E-state index in [0.717, 1.165) is 11.3 Å². The van der Waals surface area contributed by atoms with Gasteiger partial charge >= 0.3 is 5.97 Å². The number of phenols is 1. The zero-order valence-corrected chi connectivity index (χ0v) is 20.6. The molecule has 2 aromatic carbocycles. The second-order valence-corrected chi connectivity index (χ2v) is 9.07. The molecule has 0 aromatic heterocycles. The average Bonchev–Trinajstić information content (AvgIpc) is 2.84. The fraction of sp³-hybridized carbons (Fsp3) is 0.333. The molecule has 1 aliphatic carbocycles. The van der Waals surface area contributed by atoms with Gasteiger partial charge in [-0.05, 0) is 54.7 Å². The zero-order chi connectivity index (χ0) is 25.1. The Hall–Kier alpha value is -3.29. The molecule has 0 saturated heterocycles. The van der Waals surface area contributed by atoms with Crippen LogP contribution in [-0.4, -0.2) is 44.3 Å². The van der Waals surface area contributed by atoms with E-state index in [4.69, 9.17) is 25.8 Å². The van der Waals surface area contributed by atoms with Gasteiger partial charge in [-0.3, -0.25) is 4.79 Å². The summed E-state index contributed by atoms with van der Waals surface area (Å²) in [5.74, 6) is -1.01. The number of phenolic OH excluding ortho intramolecular Hbond substituents is 1. The van der Waals surface area contributed by atoms with Gasteiger partial charge in [0, 0.05) is 41.4 Å². The summed E-state index contributed by atoms with van der Waals surface area (Å²) in [7, 11) is 2.98. The summed E-state index contributed by atoms with van der Waals surface area (Å²) in [6.07, 6.45) is 0.913. The van der Waals surface area contributed by atoms with Crippen molar-refractivity contribution >= 4 is 23.4 Å². The molecule has 0 saturated carbocycles. The molecule has 184 valence electrons. The van der Waals surface area contributed by atoms with Crippen LogP contribution in [0.4, 0.5) is 0 Å². The van der Waals surface area contributed by atoms with Crippen molar-refractivity contribution in [1.82, 2.24) is 5.32 Å². The summed E-state index contributed by atoms with van der Waals surface area (Å²) in [6, 6.07) is 12.4. The van der Waals surface area contributed by atoms with Crippen molar-refractivity contribution < 1.29 is 28.9 Å². The first kappa shape index (κ1) is 24.8. The van der Waals surface area contributed by atoms with Gasteiger partial charge in [0.05, 0.1) is 19.3 Å². The Kier molecular flexibility index (Phi) is 7.48. The molecule has 1 aliphatic heterocycles. The summed E-state index contributed by atoms with van der Waals surface area (Å²) in [5.41, 5.74) is 3.98. The van der Waals surface area contributed by atoms with E-state index in [1.54, 1.807) is 19.1 Å². The Morgan fingerprint density at radius 3 is 2.49 bits per heavy atom. The van der Waals surface area contributed by atoms with E-state index in [-0.39, 0.29) is 36.4 Å². The average molecular weight is 498 g/mol. The van der Waals surface area contributed by atoms with Crippen LogP contribution in [0.25, 0.3) is 0 Å². The number of halogens is 1. The summed E-state index contributed by atoms with van der Waals surface area (Å²) >= 11 is 6.05. The highest BCUT2D eigenvalue weighted by atomic mass is 35.5. The summed E-state index contributed by atoms with van der Waals surface area (Å²) in [6.45, 7) is 2.16. The third-order valence-electron chi connectivity index (χ3n) is 6.45. The lowest BCUT2D eigenvalue weighted by molar-refractivity contribution is -0.140. The number of Topliss-reactive ketones (excluding diaryl/α,β-unsaturated/α-hetero) is 1. The van der Waals surface area contributed by atoms with Crippen LogP contribution in [0.2, 0.25) is 5.02 Å². The largest absolute Gasteiger partial charge is 0.504 e. The Balaban J connectivity index is 1.77. The van der Waals surface area contributed by atoms with Crippen molar-refractivity contribution in [3.05, 3.63) is 81.2 Å². The molecule has 4 rings (SSSR count). The van der Waals surface area contributed by atoms with Gasteiger partial charge in [0.25, 0.3) is 0 Å². The quantitative estimate of drug-likeness (QED) is 0.426. The van der Waals surface area contributed by atoms with Crippen LogP contribution in [0.1, 0.15) is 42.7 Å². The monoisotopic (exact) mass is 497 g/mol. The second-order valence-electron chi connectivity index (χ2n) is 8.63. The topological polar surface area (TPSA) is 94.1 Å². The van der Waals surface area contributed by atoms with Crippen molar-refractivity contribution in [3.8, 4) is 11.5 Å². The molecule has 2 unspecified atom stereocenters. The minimum Gasteiger partial charge on any atom is -0.504 e. The highest BCUT2D eigenvalue weighted by molar-refractivity contribution is 6.30. The molecule has 35 heavy (non-hydrogen) atoms. The Morgan fingerprint density at radius 1 is 1.09 bits per heavy atom. The van der Waals surface area contributed by atoms with Gasteiger partial charge in [-0.15, -0.1) is 0 Å². The van der Waals surface area contributed by atoms with Crippen LogP contribution >= 0.6 is 11.6 Å². The summed E-state index contributed by atoms with van der Waals surface area (Å²) < 4.78 is 15.8. The van der Waals surface area contributed by atoms with Gasteiger partial charge in [-0.25, -0.2) is 4.79 Å². The van der Waals surface area contributed by atoms with E-state index in [0.29, 0.717) is 40.3 Å². The van der Waals surface area contributed by atoms with Gasteiger partial charge in [-0.1, -0.05) is 29.8 Å². The molecular weight excluding hydrogens is 470 g/mol. The highest BCUT2D eigenvalue weighted by Crippen LogP contribution is 2.47. The molecule has 0 radical (unpaired) electrons. The van der Waals surface area contributed by atoms with E-state index in [9.17, 15) is 14.7 Å². The normalized spacial score (nSPS) is 19.8. The number of aromatic hydroxyl groups is 1. The number of ether oxygens (including phenoxy) is 3. The molecule has 2 aliphatic rings. The lowest BCUT2D eigenvalue weighted by Gasteiger charge is -2.36. The van der Waals surface area contributed by atoms with Gasteiger partial charge in [0.1, 0.15) is 6.61 Å². The minimum atomic E-state index is -0.658. The predicted molar refractivity (Wildman–Crippen MR) is 132 cm³/mol. The molecule has 1 heterocycles. The number of allylic oxidation sites excluding steroid dienone is 3. The van der Waals surface area contributed by atoms with E-state index in [2.05, 4.69) is 5.32 Å². The smallest absolute Gasteiger partial charge is 0.336 e. The first-order chi connectivity index (χ1) is 16.8. The van der Waals surface area contributed by atoms with Gasteiger partial charge in [0.15, 0.2) is 17.3 Å². The first-order valence-electron chi connectivity index (χ1n) is 11.4. The number of hydrogen-bond donors (Lipinski definition) is 2. The fourth-order valence-corrected chi connectivity index (χ4v) is 4.91. The molecule has 0 amide bonds. The molecular formula is C27H28ClNO6. The third kappa shape index (κ3) is 5.06. The SMILES string of the molecule is COCCOC(=O)C1=C(C)NC2=C(C(=O)CC(c3ccc(Cl)cc3)C2)C1c1ccc(O)c(OC)c1. The van der Waals surface area contributed by atoms with Gasteiger partial charge in [0.2, 0.25) is 0 Å². The second kappa shape index (κ2) is 10.5. The van der Waals surface area contributed by atoms with Crippen molar-refractivity contribution in [3.63, 3.8) is 0 Å². The third-order valence-corrected chi connectivity index (χ3v) is 6.70. The van der Waals surface area contributed by atoms with Gasteiger partial charge < -0.3 is 24.6 Å². The van der Waals surface area contributed by atoms with E-state index < -0.39 is 11.9 Å². The molecule has 7 nitrogen and oxygen atoms in total. The lowest BCUT2D eigenvalue weighted by atomic mass is 9.71. The maximum Gasteiger partial charge on any atom is 0.336 e. The highest BCUT2D eigenvalue weighted by Gasteiger charge is 2.41.